The summed E-state index contributed by atoms with van der Waals surface area (Å²) in [6.07, 6.45) is 0. The van der Waals surface area contributed by atoms with Crippen LogP contribution in [-0.4, -0.2) is 41.1 Å². The monoisotopic (exact) mass is 333 g/mol. The quantitative estimate of drug-likeness (QED) is 0.518. The Morgan fingerprint density at radius 2 is 1.92 bits per heavy atom. The van der Waals surface area contributed by atoms with Crippen molar-refractivity contribution in [2.24, 2.45) is 10.7 Å². The van der Waals surface area contributed by atoms with Crippen LogP contribution in [0.2, 0.25) is 0 Å². The second kappa shape index (κ2) is 7.47. The zero-order chi connectivity index (χ0) is 17.7. The van der Waals surface area contributed by atoms with Gasteiger partial charge in [0.1, 0.15) is 5.82 Å². The Bertz CT molecular complexity index is 764. The highest BCUT2D eigenvalue weighted by Gasteiger charge is 2.20. The van der Waals surface area contributed by atoms with Gasteiger partial charge in [0.2, 0.25) is 11.8 Å². The van der Waals surface area contributed by atoms with Crippen LogP contribution in [0.3, 0.4) is 0 Å². The largest absolute Gasteiger partial charge is 0.481 e. The third-order valence-corrected chi connectivity index (χ3v) is 2.91. The van der Waals surface area contributed by atoms with Gasteiger partial charge in [-0.05, 0) is 31.2 Å². The molecule has 0 spiro atoms. The Kier molecular flexibility index (Phi) is 5.38. The van der Waals surface area contributed by atoms with Gasteiger partial charge in [0.25, 0.3) is 11.9 Å². The second-order valence-corrected chi connectivity index (χ2v) is 4.61. The van der Waals surface area contributed by atoms with Gasteiger partial charge in [-0.15, -0.1) is 5.06 Å². The van der Waals surface area contributed by atoms with E-state index in [1.54, 1.807) is 13.0 Å². The summed E-state index contributed by atoms with van der Waals surface area (Å²) in [6.45, 7) is 1.73. The van der Waals surface area contributed by atoms with Crippen molar-refractivity contribution in [1.29, 1.82) is 0 Å². The molecule has 9 heteroatoms. The van der Waals surface area contributed by atoms with Gasteiger partial charge < -0.3 is 10.5 Å². The Balaban J connectivity index is 2.30. The van der Waals surface area contributed by atoms with Crippen molar-refractivity contribution < 1.29 is 18.8 Å². The Hall–Kier alpha value is -3.07. The first-order chi connectivity index (χ1) is 11.4. The molecule has 0 radical (unpaired) electrons. The number of carbonyl (C=O) groups is 1. The number of benzene rings is 1. The van der Waals surface area contributed by atoms with Gasteiger partial charge in [0, 0.05) is 17.3 Å². The number of aromatic nitrogens is 2. The Morgan fingerprint density at radius 3 is 2.50 bits per heavy atom. The van der Waals surface area contributed by atoms with Crippen molar-refractivity contribution >= 4 is 17.8 Å². The van der Waals surface area contributed by atoms with E-state index in [1.807, 2.05) is 0 Å². The average Bonchev–Trinajstić information content (AvgIpc) is 2.55. The van der Waals surface area contributed by atoms with E-state index in [2.05, 4.69) is 15.0 Å². The lowest BCUT2D eigenvalue weighted by Crippen LogP contribution is -2.41. The molecule has 2 rings (SSSR count). The summed E-state index contributed by atoms with van der Waals surface area (Å²) in [5, 5.41) is 0.755. The van der Waals surface area contributed by atoms with Crippen LogP contribution in [0.1, 0.15) is 16.1 Å². The van der Waals surface area contributed by atoms with E-state index in [4.69, 9.17) is 15.3 Å². The van der Waals surface area contributed by atoms with Crippen LogP contribution in [-0.2, 0) is 4.84 Å². The summed E-state index contributed by atoms with van der Waals surface area (Å²) >= 11 is 0. The number of guanidine groups is 1. The lowest BCUT2D eigenvalue weighted by Gasteiger charge is -2.18. The highest BCUT2D eigenvalue weighted by Crippen LogP contribution is 2.14. The number of methoxy groups -OCH3 is 1. The van der Waals surface area contributed by atoms with Gasteiger partial charge in [0.15, 0.2) is 0 Å². The van der Waals surface area contributed by atoms with Crippen molar-refractivity contribution in [2.75, 3.05) is 14.2 Å². The van der Waals surface area contributed by atoms with Gasteiger partial charge in [0.05, 0.1) is 14.2 Å². The summed E-state index contributed by atoms with van der Waals surface area (Å²) in [5.41, 5.74) is 6.60. The van der Waals surface area contributed by atoms with E-state index >= 15 is 0 Å². The van der Waals surface area contributed by atoms with Gasteiger partial charge in [-0.1, -0.05) is 0 Å². The molecule has 1 aromatic carbocycles. The standard InChI is InChI=1S/C15H16FN5O3/c1-9-8-12(23-2)19-15(18-9)20-14(17)21(24-3)13(22)10-4-6-11(16)7-5-10/h4-8H,1-3H3,(H2,17,18,19,20). The van der Waals surface area contributed by atoms with E-state index in [-0.39, 0.29) is 17.5 Å². The van der Waals surface area contributed by atoms with Crippen molar-refractivity contribution in [3.8, 4) is 5.88 Å². The lowest BCUT2D eigenvalue weighted by atomic mass is 10.2. The van der Waals surface area contributed by atoms with Crippen LogP contribution in [0.4, 0.5) is 10.3 Å². The third-order valence-electron chi connectivity index (χ3n) is 2.91. The smallest absolute Gasteiger partial charge is 0.284 e. The molecule has 0 unspecified atom stereocenters. The van der Waals surface area contributed by atoms with E-state index in [9.17, 15) is 9.18 Å². The summed E-state index contributed by atoms with van der Waals surface area (Å²) in [6, 6.07) is 6.55. The van der Waals surface area contributed by atoms with Crippen LogP contribution in [0, 0.1) is 12.7 Å². The minimum Gasteiger partial charge on any atom is -0.481 e. The molecule has 0 fully saturated rings. The first-order valence-corrected chi connectivity index (χ1v) is 6.82. The van der Waals surface area contributed by atoms with Crippen LogP contribution in [0.15, 0.2) is 35.3 Å². The van der Waals surface area contributed by atoms with Crippen LogP contribution in [0.5, 0.6) is 5.88 Å². The zero-order valence-electron chi connectivity index (χ0n) is 13.4. The summed E-state index contributed by atoms with van der Waals surface area (Å²) < 4.78 is 18.0. The minimum absolute atomic E-state index is 0.0123. The molecule has 1 aromatic heterocycles. The van der Waals surface area contributed by atoms with Crippen molar-refractivity contribution in [2.45, 2.75) is 6.92 Å². The molecule has 8 nitrogen and oxygen atoms in total. The molecular formula is C15H16FN5O3. The van der Waals surface area contributed by atoms with E-state index in [0.29, 0.717) is 11.6 Å². The van der Waals surface area contributed by atoms with Gasteiger partial charge in [-0.3, -0.25) is 9.63 Å². The third kappa shape index (κ3) is 4.02. The van der Waals surface area contributed by atoms with E-state index in [0.717, 1.165) is 17.2 Å². The lowest BCUT2D eigenvalue weighted by molar-refractivity contribution is -0.0414. The molecule has 0 atom stereocenters. The number of hydroxylamine groups is 2. The summed E-state index contributed by atoms with van der Waals surface area (Å²) in [7, 11) is 2.71. The maximum Gasteiger partial charge on any atom is 0.284 e. The van der Waals surface area contributed by atoms with Crippen LogP contribution in [0.25, 0.3) is 0 Å². The maximum atomic E-state index is 13.0. The number of halogens is 1. The van der Waals surface area contributed by atoms with E-state index < -0.39 is 11.7 Å². The van der Waals surface area contributed by atoms with Gasteiger partial charge in [-0.2, -0.15) is 9.98 Å². The SMILES string of the molecule is COc1cc(C)nc(N=C(N)N(OC)C(=O)c2ccc(F)cc2)n1. The summed E-state index contributed by atoms with van der Waals surface area (Å²) in [4.78, 5) is 29.4. The Labute approximate surface area is 137 Å². The van der Waals surface area contributed by atoms with Gasteiger partial charge in [-0.25, -0.2) is 9.37 Å². The molecule has 0 aliphatic heterocycles. The predicted molar refractivity (Wildman–Crippen MR) is 84.2 cm³/mol. The number of aryl methyl sites for hydroxylation is 1. The predicted octanol–water partition coefficient (Wildman–Crippen LogP) is 1.58. The summed E-state index contributed by atoms with van der Waals surface area (Å²) in [5.74, 6) is -1.03. The van der Waals surface area contributed by atoms with Crippen molar-refractivity contribution in [1.82, 2.24) is 15.0 Å². The first-order valence-electron chi connectivity index (χ1n) is 6.82. The molecular weight excluding hydrogens is 317 g/mol. The number of aliphatic imine (C=N–C) groups is 1. The number of nitrogens with two attached hydrogens (primary N) is 1. The molecule has 24 heavy (non-hydrogen) atoms. The average molecular weight is 333 g/mol. The van der Waals surface area contributed by atoms with Crippen molar-refractivity contribution in [3.05, 3.63) is 47.4 Å². The molecule has 0 saturated carbocycles. The molecule has 0 saturated heterocycles. The highest BCUT2D eigenvalue weighted by molar-refractivity contribution is 6.04. The number of nitrogens with zero attached hydrogens (tertiary/aromatic N) is 4. The number of carbonyl (C=O) groups excluding carboxylic acids is 1. The molecule has 2 N–H and O–H groups in total. The van der Waals surface area contributed by atoms with Crippen LogP contribution < -0.4 is 10.5 Å². The maximum absolute atomic E-state index is 13.0. The minimum atomic E-state index is -0.613. The molecule has 0 bridgehead atoms. The topological polar surface area (TPSA) is 103 Å². The normalized spacial score (nSPS) is 11.2. The molecule has 1 amide bonds. The number of amides is 1. The number of ether oxygens (including phenoxy) is 1. The molecule has 0 aliphatic carbocycles. The molecule has 2 aromatic rings. The molecule has 126 valence electrons. The fourth-order valence-corrected chi connectivity index (χ4v) is 1.82. The zero-order valence-corrected chi connectivity index (χ0v) is 13.4. The number of hydrogen-bond donors (Lipinski definition) is 1. The Morgan fingerprint density at radius 1 is 1.25 bits per heavy atom. The van der Waals surface area contributed by atoms with Crippen LogP contribution >= 0.6 is 0 Å². The van der Waals surface area contributed by atoms with E-state index in [1.165, 1.54) is 26.4 Å². The molecule has 1 heterocycles. The van der Waals surface area contributed by atoms with Gasteiger partial charge >= 0.3 is 0 Å². The fraction of sp³-hybridized carbons (Fsp3) is 0.200. The molecule has 0 aliphatic rings. The number of hydrogen-bond acceptors (Lipinski definition) is 6. The second-order valence-electron chi connectivity index (χ2n) is 4.61. The first kappa shape index (κ1) is 17.3. The van der Waals surface area contributed by atoms with Crippen molar-refractivity contribution in [3.63, 3.8) is 0 Å². The fourth-order valence-electron chi connectivity index (χ4n) is 1.82. The number of rotatable bonds is 4. The highest BCUT2D eigenvalue weighted by atomic mass is 19.1.